The van der Waals surface area contributed by atoms with Gasteiger partial charge in [-0.3, -0.25) is 9.29 Å². The summed E-state index contributed by atoms with van der Waals surface area (Å²) in [6, 6.07) is 8.43. The first-order valence-corrected chi connectivity index (χ1v) is 7.92. The van der Waals surface area contributed by atoms with Crippen molar-refractivity contribution in [1.29, 1.82) is 0 Å². The average molecular weight is 357 g/mol. The lowest BCUT2D eigenvalue weighted by molar-refractivity contribution is 0.416. The maximum absolute atomic E-state index is 12.6. The Morgan fingerprint density at radius 2 is 1.95 bits per heavy atom. The van der Waals surface area contributed by atoms with E-state index in [0.717, 1.165) is 0 Å². The molecule has 106 valence electrons. The molecule has 0 amide bonds. The van der Waals surface area contributed by atoms with Gasteiger partial charge < -0.3 is 4.74 Å². The number of rotatable bonds is 4. The zero-order valence-electron chi connectivity index (χ0n) is 10.9. The molecule has 0 aliphatic heterocycles. The topological polar surface area (TPSA) is 59.5 Å². The predicted octanol–water partition coefficient (Wildman–Crippen LogP) is 2.68. The summed E-state index contributed by atoms with van der Waals surface area (Å²) in [7, 11) is -0.706. The van der Waals surface area contributed by atoms with Crippen LogP contribution in [-0.2, 0) is 10.0 Å². The maximum atomic E-state index is 12.6. The van der Waals surface area contributed by atoms with Crippen molar-refractivity contribution in [2.75, 3.05) is 18.5 Å². The molecule has 5 nitrogen and oxygen atoms in total. The summed E-state index contributed by atoms with van der Waals surface area (Å²) in [5.41, 5.74) is 0.468. The maximum Gasteiger partial charge on any atom is 0.265 e. The molecule has 0 unspecified atom stereocenters. The van der Waals surface area contributed by atoms with Crippen LogP contribution >= 0.6 is 15.9 Å². The van der Waals surface area contributed by atoms with Gasteiger partial charge in [0.25, 0.3) is 10.0 Å². The number of anilines is 1. The minimum Gasteiger partial charge on any atom is -0.495 e. The smallest absolute Gasteiger partial charge is 0.265 e. The summed E-state index contributed by atoms with van der Waals surface area (Å²) >= 11 is 3.22. The van der Waals surface area contributed by atoms with Gasteiger partial charge in [0, 0.05) is 23.9 Å². The number of ether oxygens (including phenoxy) is 1. The van der Waals surface area contributed by atoms with Crippen molar-refractivity contribution in [3.8, 4) is 5.75 Å². The highest BCUT2D eigenvalue weighted by Crippen LogP contribution is 2.31. The third-order valence-electron chi connectivity index (χ3n) is 2.76. The molecule has 0 fully saturated rings. The molecule has 0 aliphatic carbocycles. The first-order valence-electron chi connectivity index (χ1n) is 5.69. The first kappa shape index (κ1) is 14.8. The minimum absolute atomic E-state index is 0.111. The van der Waals surface area contributed by atoms with Gasteiger partial charge in [0.05, 0.1) is 12.8 Å². The summed E-state index contributed by atoms with van der Waals surface area (Å²) < 4.78 is 32.1. The Morgan fingerprint density at radius 3 is 2.60 bits per heavy atom. The molecular weight excluding hydrogens is 344 g/mol. The molecule has 0 saturated carbocycles. The van der Waals surface area contributed by atoms with Crippen LogP contribution in [0.4, 0.5) is 5.69 Å². The van der Waals surface area contributed by atoms with E-state index in [1.54, 1.807) is 24.3 Å². The van der Waals surface area contributed by atoms with Gasteiger partial charge in [-0.2, -0.15) is 0 Å². The average Bonchev–Trinajstić information content (AvgIpc) is 2.46. The first-order chi connectivity index (χ1) is 9.46. The third-order valence-corrected chi connectivity index (χ3v) is 4.93. The molecule has 0 radical (unpaired) electrons. The van der Waals surface area contributed by atoms with E-state index in [9.17, 15) is 8.42 Å². The van der Waals surface area contributed by atoms with E-state index in [4.69, 9.17) is 4.74 Å². The van der Waals surface area contributed by atoms with Gasteiger partial charge in [0.15, 0.2) is 0 Å². The fourth-order valence-corrected chi connectivity index (χ4v) is 3.42. The van der Waals surface area contributed by atoms with Crippen LogP contribution in [0.15, 0.2) is 52.1 Å². The lowest BCUT2D eigenvalue weighted by Gasteiger charge is -2.21. The summed E-state index contributed by atoms with van der Waals surface area (Å²) in [4.78, 5) is 4.00. The zero-order valence-corrected chi connectivity index (χ0v) is 13.3. The molecule has 0 atom stereocenters. The Morgan fingerprint density at radius 1 is 1.25 bits per heavy atom. The highest BCUT2D eigenvalue weighted by molar-refractivity contribution is 9.10. The van der Waals surface area contributed by atoms with Crippen molar-refractivity contribution in [3.05, 3.63) is 47.2 Å². The van der Waals surface area contributed by atoms with Crippen LogP contribution in [0, 0.1) is 0 Å². The van der Waals surface area contributed by atoms with E-state index in [1.165, 1.54) is 36.9 Å². The SMILES string of the molecule is COc1ccccc1N(C)S(=O)(=O)c1cncc(Br)c1. The molecular formula is C13H13BrN2O3S. The molecule has 0 N–H and O–H groups in total. The van der Waals surface area contributed by atoms with E-state index in [2.05, 4.69) is 20.9 Å². The molecule has 7 heteroatoms. The van der Waals surface area contributed by atoms with E-state index < -0.39 is 10.0 Å². The van der Waals surface area contributed by atoms with Crippen LogP contribution in [0.5, 0.6) is 5.75 Å². The van der Waals surface area contributed by atoms with Crippen LogP contribution in [0.3, 0.4) is 0 Å². The van der Waals surface area contributed by atoms with Gasteiger partial charge in [0.1, 0.15) is 10.6 Å². The second-order valence-corrected chi connectivity index (χ2v) is 6.87. The van der Waals surface area contributed by atoms with E-state index in [1.807, 2.05) is 0 Å². The molecule has 1 aromatic carbocycles. The third kappa shape index (κ3) is 2.78. The lowest BCUT2D eigenvalue weighted by Crippen LogP contribution is -2.27. The quantitative estimate of drug-likeness (QED) is 0.844. The molecule has 2 rings (SSSR count). The summed E-state index contributed by atoms with van der Waals surface area (Å²) in [5.74, 6) is 0.488. The fraction of sp³-hybridized carbons (Fsp3) is 0.154. The van der Waals surface area contributed by atoms with E-state index in [-0.39, 0.29) is 4.90 Å². The van der Waals surface area contributed by atoms with Crippen LogP contribution < -0.4 is 9.04 Å². The lowest BCUT2D eigenvalue weighted by atomic mass is 10.3. The monoisotopic (exact) mass is 356 g/mol. The number of nitrogens with zero attached hydrogens (tertiary/aromatic N) is 2. The van der Waals surface area contributed by atoms with E-state index in [0.29, 0.717) is 15.9 Å². The molecule has 1 aromatic heterocycles. The van der Waals surface area contributed by atoms with Gasteiger partial charge in [-0.15, -0.1) is 0 Å². The standard InChI is InChI=1S/C13H13BrN2O3S/c1-16(12-5-3-4-6-13(12)19-2)20(17,18)11-7-10(14)8-15-9-11/h3-9H,1-2H3. The van der Waals surface area contributed by atoms with Crippen molar-refractivity contribution in [2.24, 2.45) is 0 Å². The number of benzene rings is 1. The van der Waals surface area contributed by atoms with Crippen molar-refractivity contribution < 1.29 is 13.2 Å². The highest BCUT2D eigenvalue weighted by Gasteiger charge is 2.24. The van der Waals surface area contributed by atoms with Gasteiger partial charge in [-0.05, 0) is 34.1 Å². The zero-order chi connectivity index (χ0) is 14.8. The second-order valence-electron chi connectivity index (χ2n) is 3.98. The molecule has 20 heavy (non-hydrogen) atoms. The largest absolute Gasteiger partial charge is 0.495 e. The molecule has 0 aliphatic rings. The number of halogens is 1. The van der Waals surface area contributed by atoms with Crippen LogP contribution in [0.25, 0.3) is 0 Å². The Kier molecular flexibility index (Phi) is 4.29. The Hall–Kier alpha value is -1.60. The number of methoxy groups -OCH3 is 1. The number of pyridine rings is 1. The summed E-state index contributed by atoms with van der Waals surface area (Å²) in [6.45, 7) is 0. The van der Waals surface area contributed by atoms with Gasteiger partial charge >= 0.3 is 0 Å². The van der Waals surface area contributed by atoms with Crippen LogP contribution in [0.2, 0.25) is 0 Å². The Balaban J connectivity index is 2.49. The minimum atomic E-state index is -3.69. The van der Waals surface area contributed by atoms with Crippen molar-refractivity contribution in [1.82, 2.24) is 4.98 Å². The summed E-state index contributed by atoms with van der Waals surface area (Å²) in [5, 5.41) is 0. The molecule has 0 spiro atoms. The number of para-hydroxylation sites is 2. The van der Waals surface area contributed by atoms with Crippen LogP contribution in [0.1, 0.15) is 0 Å². The number of hydrogen-bond acceptors (Lipinski definition) is 4. The number of hydrogen-bond donors (Lipinski definition) is 0. The number of sulfonamides is 1. The Labute approximate surface area is 126 Å². The predicted molar refractivity (Wildman–Crippen MR) is 80.5 cm³/mol. The molecule has 1 heterocycles. The second kappa shape index (κ2) is 5.80. The normalized spacial score (nSPS) is 11.2. The fourth-order valence-electron chi connectivity index (χ4n) is 1.71. The van der Waals surface area contributed by atoms with Crippen molar-refractivity contribution in [2.45, 2.75) is 4.90 Å². The summed E-state index contributed by atoms with van der Waals surface area (Å²) in [6.07, 6.45) is 2.84. The number of aromatic nitrogens is 1. The molecule has 0 bridgehead atoms. The molecule has 2 aromatic rings. The van der Waals surface area contributed by atoms with Gasteiger partial charge in [0.2, 0.25) is 0 Å². The van der Waals surface area contributed by atoms with Crippen molar-refractivity contribution in [3.63, 3.8) is 0 Å². The van der Waals surface area contributed by atoms with Crippen LogP contribution in [-0.4, -0.2) is 27.6 Å². The van der Waals surface area contributed by atoms with E-state index >= 15 is 0 Å². The van der Waals surface area contributed by atoms with Crippen molar-refractivity contribution >= 4 is 31.6 Å². The highest BCUT2D eigenvalue weighted by atomic mass is 79.9. The Bertz CT molecular complexity index is 719. The van der Waals surface area contributed by atoms with Gasteiger partial charge in [-0.25, -0.2) is 8.42 Å². The van der Waals surface area contributed by atoms with Gasteiger partial charge in [-0.1, -0.05) is 12.1 Å². The molecule has 0 saturated heterocycles.